The second-order valence-electron chi connectivity index (χ2n) is 4.66. The average Bonchev–Trinajstić information content (AvgIpc) is 2.40. The van der Waals surface area contributed by atoms with E-state index in [1.54, 1.807) is 0 Å². The molecule has 2 heteroatoms. The van der Waals surface area contributed by atoms with Gasteiger partial charge in [-0.05, 0) is 37.5 Å². The van der Waals surface area contributed by atoms with Gasteiger partial charge in [0.25, 0.3) is 0 Å². The normalized spacial score (nSPS) is 45.8. The van der Waals surface area contributed by atoms with Crippen molar-refractivity contribution in [2.24, 2.45) is 17.8 Å². The summed E-state index contributed by atoms with van der Waals surface area (Å²) in [4.78, 5) is 11.7. The van der Waals surface area contributed by atoms with Crippen molar-refractivity contribution in [3.63, 3.8) is 0 Å². The van der Waals surface area contributed by atoms with Crippen LogP contribution in [0.4, 0.5) is 0 Å². The van der Waals surface area contributed by atoms with Crippen LogP contribution in [-0.4, -0.2) is 17.0 Å². The van der Waals surface area contributed by atoms with Crippen molar-refractivity contribution in [2.45, 2.75) is 45.1 Å². The Morgan fingerprint density at radius 2 is 2.08 bits per heavy atom. The van der Waals surface area contributed by atoms with E-state index in [0.29, 0.717) is 18.1 Å². The summed E-state index contributed by atoms with van der Waals surface area (Å²) < 4.78 is 0. The number of hydrogen-bond acceptors (Lipinski definition) is 2. The van der Waals surface area contributed by atoms with Crippen LogP contribution in [0.3, 0.4) is 0 Å². The SMILES string of the molecule is CC1CCC2C(=O)CCCC(O)C12. The summed E-state index contributed by atoms with van der Waals surface area (Å²) >= 11 is 0. The van der Waals surface area contributed by atoms with Crippen molar-refractivity contribution in [2.75, 3.05) is 0 Å². The predicted octanol–water partition coefficient (Wildman–Crippen LogP) is 1.76. The van der Waals surface area contributed by atoms with Crippen LogP contribution < -0.4 is 0 Å². The van der Waals surface area contributed by atoms with Gasteiger partial charge in [-0.2, -0.15) is 0 Å². The van der Waals surface area contributed by atoms with E-state index in [2.05, 4.69) is 6.92 Å². The number of aliphatic hydroxyl groups is 1. The molecule has 1 N–H and O–H groups in total. The molecular formula is C11H18O2. The van der Waals surface area contributed by atoms with Crippen molar-refractivity contribution in [1.82, 2.24) is 0 Å². The van der Waals surface area contributed by atoms with Gasteiger partial charge in [0, 0.05) is 12.3 Å². The third-order valence-corrected chi connectivity index (χ3v) is 3.84. The Balaban J connectivity index is 2.20. The van der Waals surface area contributed by atoms with Crippen molar-refractivity contribution in [3.05, 3.63) is 0 Å². The summed E-state index contributed by atoms with van der Waals surface area (Å²) in [5, 5.41) is 9.90. The molecule has 4 atom stereocenters. The van der Waals surface area contributed by atoms with E-state index in [1.807, 2.05) is 0 Å². The van der Waals surface area contributed by atoms with E-state index in [-0.39, 0.29) is 17.9 Å². The fourth-order valence-electron chi connectivity index (χ4n) is 3.11. The summed E-state index contributed by atoms with van der Waals surface area (Å²) in [5.41, 5.74) is 0. The zero-order valence-electron chi connectivity index (χ0n) is 8.20. The minimum atomic E-state index is -0.214. The average molecular weight is 182 g/mol. The lowest BCUT2D eigenvalue weighted by atomic mass is 9.84. The van der Waals surface area contributed by atoms with Gasteiger partial charge in [-0.1, -0.05) is 6.92 Å². The van der Waals surface area contributed by atoms with Crippen molar-refractivity contribution < 1.29 is 9.90 Å². The number of Topliss-reactive ketones (excluding diaryl/α,β-unsaturated/α-hetero) is 1. The molecule has 0 amide bonds. The molecule has 0 aromatic rings. The highest BCUT2D eigenvalue weighted by Crippen LogP contribution is 2.43. The van der Waals surface area contributed by atoms with E-state index in [1.165, 1.54) is 0 Å². The molecule has 0 radical (unpaired) electrons. The van der Waals surface area contributed by atoms with Crippen LogP contribution >= 0.6 is 0 Å². The largest absolute Gasteiger partial charge is 0.393 e. The molecule has 0 aromatic heterocycles. The first-order valence-corrected chi connectivity index (χ1v) is 5.41. The lowest BCUT2D eigenvalue weighted by Gasteiger charge is -2.24. The first kappa shape index (κ1) is 9.20. The molecule has 2 nitrogen and oxygen atoms in total. The number of aliphatic hydroxyl groups excluding tert-OH is 1. The topological polar surface area (TPSA) is 37.3 Å². The van der Waals surface area contributed by atoms with Gasteiger partial charge in [0.05, 0.1) is 6.10 Å². The highest BCUT2D eigenvalue weighted by molar-refractivity contribution is 5.82. The standard InChI is InChI=1S/C11H18O2/c1-7-5-6-8-9(12)3-2-4-10(13)11(7)8/h7-8,10-11,13H,2-6H2,1H3. The van der Waals surface area contributed by atoms with Gasteiger partial charge in [-0.3, -0.25) is 4.79 Å². The first-order valence-electron chi connectivity index (χ1n) is 5.41. The molecule has 0 saturated heterocycles. The third kappa shape index (κ3) is 1.52. The molecule has 0 spiro atoms. The fraction of sp³-hybridized carbons (Fsp3) is 0.909. The molecule has 0 heterocycles. The lowest BCUT2D eigenvalue weighted by molar-refractivity contribution is -0.124. The number of carbonyl (C=O) groups is 1. The molecule has 0 aromatic carbocycles. The Kier molecular flexibility index (Phi) is 2.41. The Bertz CT molecular complexity index is 212. The molecule has 74 valence electrons. The maximum absolute atomic E-state index is 11.7. The second-order valence-corrected chi connectivity index (χ2v) is 4.66. The van der Waals surface area contributed by atoms with E-state index >= 15 is 0 Å². The van der Waals surface area contributed by atoms with Gasteiger partial charge in [0.1, 0.15) is 5.78 Å². The van der Waals surface area contributed by atoms with Crippen LogP contribution in [0.5, 0.6) is 0 Å². The summed E-state index contributed by atoms with van der Waals surface area (Å²) in [7, 11) is 0. The predicted molar refractivity (Wildman–Crippen MR) is 50.2 cm³/mol. The second kappa shape index (κ2) is 3.41. The third-order valence-electron chi connectivity index (χ3n) is 3.84. The summed E-state index contributed by atoms with van der Waals surface area (Å²) in [6.07, 6.45) is 4.34. The Morgan fingerprint density at radius 3 is 2.85 bits per heavy atom. The summed E-state index contributed by atoms with van der Waals surface area (Å²) in [5.74, 6) is 1.41. The minimum Gasteiger partial charge on any atom is -0.393 e. The number of ketones is 1. The molecular weight excluding hydrogens is 164 g/mol. The summed E-state index contributed by atoms with van der Waals surface area (Å²) in [6.45, 7) is 2.17. The van der Waals surface area contributed by atoms with Crippen molar-refractivity contribution >= 4 is 5.78 Å². The zero-order valence-corrected chi connectivity index (χ0v) is 8.20. The smallest absolute Gasteiger partial charge is 0.136 e. The Hall–Kier alpha value is -0.370. The molecule has 2 aliphatic rings. The van der Waals surface area contributed by atoms with Crippen LogP contribution in [0, 0.1) is 17.8 Å². The molecule has 2 aliphatic carbocycles. The first-order chi connectivity index (χ1) is 6.20. The minimum absolute atomic E-state index is 0.188. The van der Waals surface area contributed by atoms with Gasteiger partial charge in [0.15, 0.2) is 0 Å². The highest BCUT2D eigenvalue weighted by Gasteiger charge is 2.42. The molecule has 2 fully saturated rings. The van der Waals surface area contributed by atoms with Crippen molar-refractivity contribution in [1.29, 1.82) is 0 Å². The maximum atomic E-state index is 11.7. The van der Waals surface area contributed by atoms with Gasteiger partial charge in [-0.25, -0.2) is 0 Å². The van der Waals surface area contributed by atoms with Gasteiger partial charge < -0.3 is 5.11 Å². The van der Waals surface area contributed by atoms with E-state index in [9.17, 15) is 9.90 Å². The van der Waals surface area contributed by atoms with Crippen LogP contribution in [0.1, 0.15) is 39.0 Å². The number of carbonyl (C=O) groups excluding carboxylic acids is 1. The molecule has 13 heavy (non-hydrogen) atoms. The number of fused-ring (bicyclic) bond motifs is 1. The monoisotopic (exact) mass is 182 g/mol. The van der Waals surface area contributed by atoms with Crippen LogP contribution in [0.15, 0.2) is 0 Å². The van der Waals surface area contributed by atoms with E-state index in [0.717, 1.165) is 25.7 Å². The Labute approximate surface area is 79.3 Å². The Morgan fingerprint density at radius 1 is 1.31 bits per heavy atom. The molecule has 4 unspecified atom stereocenters. The van der Waals surface area contributed by atoms with E-state index < -0.39 is 0 Å². The summed E-state index contributed by atoms with van der Waals surface area (Å²) in [6, 6.07) is 0. The van der Waals surface area contributed by atoms with Crippen LogP contribution in [0.25, 0.3) is 0 Å². The number of hydrogen-bond donors (Lipinski definition) is 1. The molecule has 0 aliphatic heterocycles. The fourth-order valence-corrected chi connectivity index (χ4v) is 3.11. The van der Waals surface area contributed by atoms with Crippen LogP contribution in [0.2, 0.25) is 0 Å². The zero-order chi connectivity index (χ0) is 9.42. The molecule has 0 bridgehead atoms. The highest BCUT2D eigenvalue weighted by atomic mass is 16.3. The van der Waals surface area contributed by atoms with E-state index in [4.69, 9.17) is 0 Å². The quantitative estimate of drug-likeness (QED) is 0.620. The number of rotatable bonds is 0. The van der Waals surface area contributed by atoms with Crippen molar-refractivity contribution in [3.8, 4) is 0 Å². The van der Waals surface area contributed by atoms with Gasteiger partial charge >= 0.3 is 0 Å². The molecule has 2 rings (SSSR count). The van der Waals surface area contributed by atoms with Gasteiger partial charge in [0.2, 0.25) is 0 Å². The molecule has 2 saturated carbocycles. The maximum Gasteiger partial charge on any atom is 0.136 e. The lowest BCUT2D eigenvalue weighted by Crippen LogP contribution is -2.29. The van der Waals surface area contributed by atoms with Gasteiger partial charge in [-0.15, -0.1) is 0 Å². The van der Waals surface area contributed by atoms with Crippen LogP contribution in [-0.2, 0) is 4.79 Å².